The molecule has 1 aromatic rings. The van der Waals surface area contributed by atoms with Crippen molar-refractivity contribution in [3.8, 4) is 12.3 Å². The molecule has 1 aliphatic rings. The summed E-state index contributed by atoms with van der Waals surface area (Å²) in [6, 6.07) is 9.22. The van der Waals surface area contributed by atoms with Gasteiger partial charge in [-0.25, -0.2) is 0 Å². The minimum atomic E-state index is 0.556. The maximum Gasteiger partial charge on any atom is 0.0366 e. The Morgan fingerprint density at radius 1 is 1.12 bits per heavy atom. The molecule has 1 fully saturated rings. The molecular weight excluding hydrogens is 290 g/mol. The normalized spacial score (nSPS) is 18.2. The average Bonchev–Trinajstić information content (AvgIpc) is 2.64. The van der Waals surface area contributed by atoms with E-state index in [0.717, 1.165) is 24.7 Å². The van der Waals surface area contributed by atoms with Crippen LogP contribution in [0.15, 0.2) is 24.3 Å². The van der Waals surface area contributed by atoms with Crippen LogP contribution in [0.2, 0.25) is 0 Å². The molecule has 1 aromatic carbocycles. The summed E-state index contributed by atoms with van der Waals surface area (Å²) >= 11 is 0. The van der Waals surface area contributed by atoms with E-state index in [9.17, 15) is 0 Å². The monoisotopic (exact) mass is 325 g/mol. The molecule has 0 saturated carbocycles. The first-order valence-electron chi connectivity index (χ1n) is 9.97. The highest BCUT2D eigenvalue weighted by atomic mass is 15.1. The Bertz CT molecular complexity index is 502. The van der Waals surface area contributed by atoms with Gasteiger partial charge in [0.15, 0.2) is 0 Å². The summed E-state index contributed by atoms with van der Waals surface area (Å²) in [4.78, 5) is 2.57. The van der Waals surface area contributed by atoms with Crippen molar-refractivity contribution >= 4 is 5.69 Å². The van der Waals surface area contributed by atoms with Crippen molar-refractivity contribution in [2.45, 2.75) is 71.6 Å². The highest BCUT2D eigenvalue weighted by molar-refractivity contribution is 5.48. The Hall–Kier alpha value is -1.42. The molecule has 1 aliphatic heterocycles. The second-order valence-corrected chi connectivity index (χ2v) is 7.52. The fraction of sp³-hybridized carbons (Fsp3) is 0.652. The number of nitrogens with zero attached hydrogens (tertiary/aromatic N) is 1. The Labute approximate surface area is 149 Å². The highest BCUT2D eigenvalue weighted by Crippen LogP contribution is 2.32. The van der Waals surface area contributed by atoms with E-state index < -0.39 is 0 Å². The van der Waals surface area contributed by atoms with Crippen LogP contribution in [-0.4, -0.2) is 13.1 Å². The number of hydrogen-bond donors (Lipinski definition) is 0. The van der Waals surface area contributed by atoms with Crippen LogP contribution in [0.3, 0.4) is 0 Å². The zero-order valence-electron chi connectivity index (χ0n) is 15.9. The quantitative estimate of drug-likeness (QED) is 0.511. The maximum absolute atomic E-state index is 5.38. The molecule has 2 unspecified atom stereocenters. The van der Waals surface area contributed by atoms with Gasteiger partial charge in [0.1, 0.15) is 0 Å². The summed E-state index contributed by atoms with van der Waals surface area (Å²) in [7, 11) is 0. The minimum absolute atomic E-state index is 0.556. The van der Waals surface area contributed by atoms with Gasteiger partial charge < -0.3 is 4.90 Å². The van der Waals surface area contributed by atoms with Gasteiger partial charge in [-0.2, -0.15) is 0 Å². The zero-order valence-corrected chi connectivity index (χ0v) is 15.9. The van der Waals surface area contributed by atoms with Gasteiger partial charge in [-0.05, 0) is 54.7 Å². The molecule has 0 spiro atoms. The third-order valence-electron chi connectivity index (χ3n) is 5.94. The van der Waals surface area contributed by atoms with Gasteiger partial charge in [-0.3, -0.25) is 0 Å². The van der Waals surface area contributed by atoms with Crippen LogP contribution in [0.25, 0.3) is 0 Å². The lowest BCUT2D eigenvalue weighted by Gasteiger charge is -2.37. The van der Waals surface area contributed by atoms with Crippen molar-refractivity contribution in [2.75, 3.05) is 18.0 Å². The van der Waals surface area contributed by atoms with E-state index in [1.54, 1.807) is 0 Å². The summed E-state index contributed by atoms with van der Waals surface area (Å²) in [5.74, 6) is 5.19. The first kappa shape index (κ1) is 18.9. The lowest BCUT2D eigenvalue weighted by molar-refractivity contribution is 0.252. The number of piperidine rings is 1. The van der Waals surface area contributed by atoms with Gasteiger partial charge in [0.05, 0.1) is 0 Å². The largest absolute Gasteiger partial charge is 0.372 e. The fourth-order valence-corrected chi connectivity index (χ4v) is 4.25. The molecule has 1 saturated heterocycles. The average molecular weight is 326 g/mol. The second kappa shape index (κ2) is 9.77. The SMILES string of the molecule is C#CCCC(C)c1ccc(N2CCC(C(CC)CCC)CC2)cc1. The van der Waals surface area contributed by atoms with E-state index >= 15 is 0 Å². The second-order valence-electron chi connectivity index (χ2n) is 7.52. The molecule has 0 N–H and O–H groups in total. The standard InChI is InChI=1S/C23H35N/c1-5-8-10-19(4)21-11-13-23(14-12-21)24-17-15-22(16-18-24)20(7-3)9-6-2/h1,11-14,19-20,22H,6-10,15-18H2,2-4H3. The van der Waals surface area contributed by atoms with Crippen molar-refractivity contribution in [3.05, 3.63) is 29.8 Å². The summed E-state index contributed by atoms with van der Waals surface area (Å²) in [5.41, 5.74) is 2.81. The maximum atomic E-state index is 5.38. The lowest BCUT2D eigenvalue weighted by atomic mass is 9.80. The van der Waals surface area contributed by atoms with Crippen LogP contribution in [0.1, 0.15) is 77.2 Å². The van der Waals surface area contributed by atoms with Crippen molar-refractivity contribution in [2.24, 2.45) is 11.8 Å². The summed E-state index contributed by atoms with van der Waals surface area (Å²) in [6.45, 7) is 9.40. The van der Waals surface area contributed by atoms with Gasteiger partial charge in [0, 0.05) is 25.2 Å². The number of anilines is 1. The molecule has 1 heteroatoms. The van der Waals surface area contributed by atoms with Crippen LogP contribution in [0.5, 0.6) is 0 Å². The van der Waals surface area contributed by atoms with E-state index in [0.29, 0.717) is 5.92 Å². The summed E-state index contributed by atoms with van der Waals surface area (Å²) < 4.78 is 0. The zero-order chi connectivity index (χ0) is 17.4. The smallest absolute Gasteiger partial charge is 0.0366 e. The summed E-state index contributed by atoms with van der Waals surface area (Å²) in [6.07, 6.45) is 14.1. The third kappa shape index (κ3) is 5.04. The Morgan fingerprint density at radius 2 is 1.79 bits per heavy atom. The fourth-order valence-electron chi connectivity index (χ4n) is 4.25. The Kier molecular flexibility index (Phi) is 7.70. The Balaban J connectivity index is 1.89. The topological polar surface area (TPSA) is 3.24 Å². The number of rotatable bonds is 8. The van der Waals surface area contributed by atoms with Crippen molar-refractivity contribution in [3.63, 3.8) is 0 Å². The molecule has 0 aliphatic carbocycles. The lowest BCUT2D eigenvalue weighted by Crippen LogP contribution is -2.36. The highest BCUT2D eigenvalue weighted by Gasteiger charge is 2.25. The van der Waals surface area contributed by atoms with Crippen molar-refractivity contribution in [1.82, 2.24) is 0 Å². The molecule has 1 nitrogen and oxygen atoms in total. The molecule has 0 amide bonds. The summed E-state index contributed by atoms with van der Waals surface area (Å²) in [5, 5.41) is 0. The first-order chi connectivity index (χ1) is 11.7. The van der Waals surface area contributed by atoms with Crippen LogP contribution in [-0.2, 0) is 0 Å². The van der Waals surface area contributed by atoms with Crippen molar-refractivity contribution in [1.29, 1.82) is 0 Å². The molecule has 1 heterocycles. The van der Waals surface area contributed by atoms with Crippen LogP contribution in [0, 0.1) is 24.2 Å². The molecule has 2 rings (SSSR count). The Morgan fingerprint density at radius 3 is 2.33 bits per heavy atom. The van der Waals surface area contributed by atoms with Crippen LogP contribution < -0.4 is 4.90 Å². The van der Waals surface area contributed by atoms with Gasteiger partial charge in [0.2, 0.25) is 0 Å². The first-order valence-corrected chi connectivity index (χ1v) is 9.97. The molecule has 132 valence electrons. The van der Waals surface area contributed by atoms with Crippen molar-refractivity contribution < 1.29 is 0 Å². The van der Waals surface area contributed by atoms with Gasteiger partial charge in [-0.15, -0.1) is 12.3 Å². The third-order valence-corrected chi connectivity index (χ3v) is 5.94. The van der Waals surface area contributed by atoms with E-state index in [4.69, 9.17) is 6.42 Å². The van der Waals surface area contributed by atoms with E-state index in [1.165, 1.54) is 56.4 Å². The molecule has 24 heavy (non-hydrogen) atoms. The predicted octanol–water partition coefficient (Wildman–Crippen LogP) is 6.25. The number of terminal acetylenes is 1. The molecule has 0 bridgehead atoms. The van der Waals surface area contributed by atoms with Gasteiger partial charge in [0.25, 0.3) is 0 Å². The van der Waals surface area contributed by atoms with E-state index in [-0.39, 0.29) is 0 Å². The molecule has 2 atom stereocenters. The van der Waals surface area contributed by atoms with Crippen LogP contribution in [0.4, 0.5) is 5.69 Å². The van der Waals surface area contributed by atoms with Gasteiger partial charge >= 0.3 is 0 Å². The molecule has 0 aromatic heterocycles. The van der Waals surface area contributed by atoms with E-state index in [2.05, 4.69) is 55.9 Å². The molecule has 0 radical (unpaired) electrons. The number of hydrogen-bond acceptors (Lipinski definition) is 1. The minimum Gasteiger partial charge on any atom is -0.372 e. The number of benzene rings is 1. The van der Waals surface area contributed by atoms with E-state index in [1.807, 2.05) is 0 Å². The van der Waals surface area contributed by atoms with Gasteiger partial charge in [-0.1, -0.05) is 52.2 Å². The van der Waals surface area contributed by atoms with Crippen LogP contribution >= 0.6 is 0 Å². The molecular formula is C23H35N. The predicted molar refractivity (Wildman–Crippen MR) is 107 cm³/mol.